The number of benzene rings is 3. The Morgan fingerprint density at radius 3 is 2.29 bits per heavy atom. The molecule has 8 nitrogen and oxygen atoms in total. The van der Waals surface area contributed by atoms with Crippen LogP contribution in [0.2, 0.25) is 0 Å². The number of phenolic OH excluding ortho intramolecular Hbond substituents is 1. The van der Waals surface area contributed by atoms with Crippen LogP contribution in [0.3, 0.4) is 0 Å². The molecule has 0 bridgehead atoms. The molecule has 1 N–H and O–H groups in total. The van der Waals surface area contributed by atoms with Crippen molar-refractivity contribution in [3.63, 3.8) is 0 Å². The van der Waals surface area contributed by atoms with E-state index in [1.165, 1.54) is 18.1 Å². The minimum atomic E-state index is -0.782. The van der Waals surface area contributed by atoms with Gasteiger partial charge in [0.05, 0.1) is 24.6 Å². The molecule has 2 amide bonds. The van der Waals surface area contributed by atoms with Crippen LogP contribution in [0.5, 0.6) is 11.5 Å². The van der Waals surface area contributed by atoms with Crippen molar-refractivity contribution in [2.75, 3.05) is 12.0 Å². The van der Waals surface area contributed by atoms with Gasteiger partial charge in [-0.15, -0.1) is 0 Å². The summed E-state index contributed by atoms with van der Waals surface area (Å²) in [5, 5.41) is 11.2. The Hall–Kier alpha value is -5.37. The van der Waals surface area contributed by atoms with Crippen molar-refractivity contribution < 1.29 is 33.8 Å². The predicted octanol–water partition coefficient (Wildman–Crippen LogP) is 5.27. The Kier molecular flexibility index (Phi) is 6.73. The second kappa shape index (κ2) is 10.7. The van der Waals surface area contributed by atoms with E-state index in [1.807, 2.05) is 12.1 Å². The van der Waals surface area contributed by atoms with E-state index in [9.17, 15) is 29.1 Å². The van der Waals surface area contributed by atoms with Crippen LogP contribution in [0, 0.1) is 17.8 Å². The average Bonchev–Trinajstić information content (AvgIpc) is 3.32. The number of hydrogen-bond acceptors (Lipinski definition) is 7. The van der Waals surface area contributed by atoms with Gasteiger partial charge in [0.25, 0.3) is 0 Å². The highest BCUT2D eigenvalue weighted by atomic mass is 16.5. The molecule has 0 unspecified atom stereocenters. The SMILES string of the molecule is COc1cccc([C@H]2C3=CC[C@@H]4C(=O)N(c5ccc(C(=O)c6ccccc6)cc5)C(=O)[C@@H]4[C@@H]3CC3=C2C(=O)C(C)=CC3=O)c1O. The number of rotatable bonds is 5. The van der Waals surface area contributed by atoms with Crippen LogP contribution >= 0.6 is 0 Å². The zero-order chi connectivity index (χ0) is 31.6. The molecule has 3 aromatic rings. The van der Waals surface area contributed by atoms with Gasteiger partial charge in [0.1, 0.15) is 0 Å². The van der Waals surface area contributed by atoms with Crippen LogP contribution < -0.4 is 9.64 Å². The van der Waals surface area contributed by atoms with Crippen LogP contribution in [-0.2, 0) is 19.2 Å². The number of para-hydroxylation sites is 1. The number of hydrogen-bond donors (Lipinski definition) is 1. The fourth-order valence-electron chi connectivity index (χ4n) is 7.43. The first-order valence-electron chi connectivity index (χ1n) is 14.8. The molecular weight excluding hydrogens is 570 g/mol. The number of aromatic hydroxyl groups is 1. The van der Waals surface area contributed by atoms with Gasteiger partial charge in [-0.2, -0.15) is 0 Å². The zero-order valence-electron chi connectivity index (χ0n) is 24.7. The molecule has 8 heteroatoms. The van der Waals surface area contributed by atoms with Crippen LogP contribution in [-0.4, -0.2) is 41.4 Å². The average molecular weight is 600 g/mol. The standard InChI is InChI=1S/C37H29NO7/c1-19-17-28(39)27-18-26-23(30(32(27)33(19)40)24-9-6-10-29(45-2)35(24)42)15-16-25-31(26)37(44)38(36(25)43)22-13-11-21(12-14-22)34(41)20-7-4-3-5-8-20/h3-15,17,25-26,30-31,42H,16,18H2,1-2H3/t25-,26+,30+,31-/m0/s1. The molecule has 1 saturated heterocycles. The number of amides is 2. The Balaban J connectivity index is 1.27. The van der Waals surface area contributed by atoms with Crippen molar-refractivity contribution in [3.05, 3.63) is 124 Å². The van der Waals surface area contributed by atoms with Gasteiger partial charge >= 0.3 is 0 Å². The Morgan fingerprint density at radius 1 is 0.867 bits per heavy atom. The highest BCUT2D eigenvalue weighted by molar-refractivity contribution is 6.25. The lowest BCUT2D eigenvalue weighted by molar-refractivity contribution is -0.123. The molecule has 1 fully saturated rings. The Bertz CT molecular complexity index is 1920. The van der Waals surface area contributed by atoms with Gasteiger partial charge in [-0.1, -0.05) is 54.1 Å². The summed E-state index contributed by atoms with van der Waals surface area (Å²) >= 11 is 0. The van der Waals surface area contributed by atoms with E-state index in [0.29, 0.717) is 39.1 Å². The van der Waals surface area contributed by atoms with Gasteiger partial charge in [0, 0.05) is 39.3 Å². The molecule has 4 atom stereocenters. The van der Waals surface area contributed by atoms with E-state index in [1.54, 1.807) is 73.7 Å². The highest BCUT2D eigenvalue weighted by Gasteiger charge is 2.57. The molecule has 3 aromatic carbocycles. The summed E-state index contributed by atoms with van der Waals surface area (Å²) in [7, 11) is 1.43. The van der Waals surface area contributed by atoms with Crippen molar-refractivity contribution >= 4 is 34.9 Å². The smallest absolute Gasteiger partial charge is 0.238 e. The monoisotopic (exact) mass is 599 g/mol. The van der Waals surface area contributed by atoms with Gasteiger partial charge in [0.15, 0.2) is 28.8 Å². The molecule has 7 rings (SSSR count). The van der Waals surface area contributed by atoms with E-state index in [4.69, 9.17) is 4.74 Å². The van der Waals surface area contributed by atoms with Crippen molar-refractivity contribution in [2.24, 2.45) is 17.8 Å². The third kappa shape index (κ3) is 4.31. The lowest BCUT2D eigenvalue weighted by Crippen LogP contribution is -2.39. The van der Waals surface area contributed by atoms with Crippen LogP contribution in [0.15, 0.2) is 107 Å². The van der Waals surface area contributed by atoms with Gasteiger partial charge in [0.2, 0.25) is 11.8 Å². The molecule has 0 radical (unpaired) electrons. The third-order valence-corrected chi connectivity index (χ3v) is 9.55. The second-order valence-corrected chi connectivity index (χ2v) is 11.9. The number of ketones is 3. The minimum absolute atomic E-state index is 0.134. The summed E-state index contributed by atoms with van der Waals surface area (Å²) < 4.78 is 5.35. The number of carbonyl (C=O) groups excluding carboxylic acids is 5. The summed E-state index contributed by atoms with van der Waals surface area (Å²) in [6, 6.07) is 20.3. The first-order valence-corrected chi connectivity index (χ1v) is 14.8. The van der Waals surface area contributed by atoms with E-state index in [2.05, 4.69) is 0 Å². The summed E-state index contributed by atoms with van der Waals surface area (Å²) in [5.41, 5.74) is 3.39. The van der Waals surface area contributed by atoms with E-state index in [0.717, 1.165) is 5.57 Å². The van der Waals surface area contributed by atoms with Gasteiger partial charge in [-0.3, -0.25) is 28.9 Å². The largest absolute Gasteiger partial charge is 0.504 e. The number of methoxy groups -OCH3 is 1. The summed E-state index contributed by atoms with van der Waals surface area (Å²) in [4.78, 5) is 69.1. The normalized spacial score (nSPS) is 24.1. The topological polar surface area (TPSA) is 118 Å². The number of ether oxygens (including phenoxy) is 1. The number of Topliss-reactive ketones (excluding diaryl/α,β-unsaturated/α-hetero) is 1. The maximum Gasteiger partial charge on any atom is 0.238 e. The molecule has 4 aliphatic rings. The highest BCUT2D eigenvalue weighted by Crippen LogP contribution is 2.57. The molecule has 0 aromatic heterocycles. The van der Waals surface area contributed by atoms with Crippen molar-refractivity contribution in [1.82, 2.24) is 0 Å². The quantitative estimate of drug-likeness (QED) is 0.184. The van der Waals surface area contributed by atoms with Crippen molar-refractivity contribution in [2.45, 2.75) is 25.7 Å². The number of imide groups is 1. The number of allylic oxidation sites excluding steroid dienone is 6. The fraction of sp³-hybridized carbons (Fsp3) is 0.216. The minimum Gasteiger partial charge on any atom is -0.504 e. The lowest BCUT2D eigenvalue weighted by Gasteiger charge is -2.42. The molecule has 45 heavy (non-hydrogen) atoms. The summed E-state index contributed by atoms with van der Waals surface area (Å²) in [6.07, 6.45) is 3.63. The van der Waals surface area contributed by atoms with Gasteiger partial charge in [-0.05, 0) is 62.1 Å². The first kappa shape index (κ1) is 28.4. The third-order valence-electron chi connectivity index (χ3n) is 9.55. The second-order valence-electron chi connectivity index (χ2n) is 11.9. The molecular formula is C37H29NO7. The fourth-order valence-corrected chi connectivity index (χ4v) is 7.43. The number of phenols is 1. The number of nitrogens with zero attached hydrogens (tertiary/aromatic N) is 1. The van der Waals surface area contributed by atoms with Crippen LogP contribution in [0.4, 0.5) is 5.69 Å². The molecule has 3 aliphatic carbocycles. The van der Waals surface area contributed by atoms with E-state index >= 15 is 0 Å². The summed E-state index contributed by atoms with van der Waals surface area (Å²) in [6.45, 7) is 1.60. The van der Waals surface area contributed by atoms with Gasteiger partial charge < -0.3 is 9.84 Å². The molecule has 0 saturated carbocycles. The first-order chi connectivity index (χ1) is 21.7. The molecule has 224 valence electrons. The predicted molar refractivity (Wildman–Crippen MR) is 165 cm³/mol. The number of anilines is 1. The van der Waals surface area contributed by atoms with Crippen LogP contribution in [0.25, 0.3) is 0 Å². The van der Waals surface area contributed by atoms with E-state index < -0.39 is 23.7 Å². The van der Waals surface area contributed by atoms with Crippen molar-refractivity contribution in [1.29, 1.82) is 0 Å². The molecule has 1 aliphatic heterocycles. The summed E-state index contributed by atoms with van der Waals surface area (Å²) in [5.74, 6) is -4.13. The lowest BCUT2D eigenvalue weighted by atomic mass is 9.59. The molecule has 0 spiro atoms. The van der Waals surface area contributed by atoms with Crippen molar-refractivity contribution in [3.8, 4) is 11.5 Å². The van der Waals surface area contributed by atoms with E-state index in [-0.39, 0.29) is 53.5 Å². The maximum atomic E-state index is 14.2. The number of fused-ring (bicyclic) bond motifs is 3. The molecule has 1 heterocycles. The zero-order valence-corrected chi connectivity index (χ0v) is 24.7. The maximum absolute atomic E-state index is 14.2. The Labute approximate surface area is 259 Å². The number of carbonyl (C=O) groups is 5. The van der Waals surface area contributed by atoms with Gasteiger partial charge in [-0.25, -0.2) is 0 Å². The Morgan fingerprint density at radius 2 is 1.58 bits per heavy atom. The van der Waals surface area contributed by atoms with Crippen LogP contribution in [0.1, 0.15) is 47.2 Å².